The largest absolute Gasteiger partial charge is 0.496 e. The fourth-order valence-corrected chi connectivity index (χ4v) is 1.67. The molecule has 0 bridgehead atoms. The number of aliphatic hydroxyl groups excluding tert-OH is 1. The number of hydrogen-bond acceptors (Lipinski definition) is 3. The zero-order valence-electron chi connectivity index (χ0n) is 9.17. The van der Waals surface area contributed by atoms with Crippen LogP contribution in [0.4, 0.5) is 4.39 Å². The van der Waals surface area contributed by atoms with Crippen molar-refractivity contribution in [3.8, 4) is 5.75 Å². The van der Waals surface area contributed by atoms with Crippen LogP contribution in [0, 0.1) is 19.7 Å². The van der Waals surface area contributed by atoms with Gasteiger partial charge in [-0.1, -0.05) is 0 Å². The van der Waals surface area contributed by atoms with Crippen molar-refractivity contribution in [1.82, 2.24) is 0 Å². The topological polar surface area (TPSA) is 55.5 Å². The number of methoxy groups -OCH3 is 1. The fraction of sp³-hybridized carbons (Fsp3) is 0.455. The first-order chi connectivity index (χ1) is 7.02. The second-order valence-electron chi connectivity index (χ2n) is 3.50. The van der Waals surface area contributed by atoms with Crippen LogP contribution in [0.15, 0.2) is 6.07 Å². The van der Waals surface area contributed by atoms with Gasteiger partial charge in [0.1, 0.15) is 11.6 Å². The summed E-state index contributed by atoms with van der Waals surface area (Å²) in [7, 11) is 1.49. The monoisotopic (exact) mass is 213 g/mol. The first-order valence-electron chi connectivity index (χ1n) is 4.74. The molecule has 0 aliphatic carbocycles. The van der Waals surface area contributed by atoms with Crippen molar-refractivity contribution in [3.63, 3.8) is 0 Å². The van der Waals surface area contributed by atoms with Crippen LogP contribution in [0.25, 0.3) is 0 Å². The van der Waals surface area contributed by atoms with Crippen LogP contribution < -0.4 is 10.5 Å². The lowest BCUT2D eigenvalue weighted by Crippen LogP contribution is -2.15. The van der Waals surface area contributed by atoms with Crippen molar-refractivity contribution < 1.29 is 14.2 Å². The van der Waals surface area contributed by atoms with Gasteiger partial charge in [0, 0.05) is 12.1 Å². The van der Waals surface area contributed by atoms with Crippen LogP contribution in [-0.2, 0) is 0 Å². The van der Waals surface area contributed by atoms with Gasteiger partial charge in [-0.25, -0.2) is 4.39 Å². The second kappa shape index (κ2) is 4.59. The summed E-state index contributed by atoms with van der Waals surface area (Å²) in [5, 5.41) is 9.70. The third kappa shape index (κ3) is 2.11. The first kappa shape index (κ1) is 11.9. The molecule has 0 heterocycles. The van der Waals surface area contributed by atoms with Crippen molar-refractivity contribution in [2.45, 2.75) is 20.0 Å². The Kier molecular flexibility index (Phi) is 3.66. The number of ether oxygens (including phenoxy) is 1. The van der Waals surface area contributed by atoms with E-state index >= 15 is 0 Å². The van der Waals surface area contributed by atoms with E-state index in [1.165, 1.54) is 13.2 Å². The molecule has 1 aromatic carbocycles. The van der Waals surface area contributed by atoms with Crippen molar-refractivity contribution in [2.24, 2.45) is 5.73 Å². The molecule has 0 spiro atoms. The SMILES string of the molecule is COc1c(C)cc(F)c(C)c1C(O)CN. The van der Waals surface area contributed by atoms with Crippen LogP contribution in [0.2, 0.25) is 0 Å². The van der Waals surface area contributed by atoms with Crippen molar-refractivity contribution in [3.05, 3.63) is 28.6 Å². The minimum Gasteiger partial charge on any atom is -0.496 e. The summed E-state index contributed by atoms with van der Waals surface area (Å²) in [6, 6.07) is 1.39. The van der Waals surface area contributed by atoms with Gasteiger partial charge >= 0.3 is 0 Å². The first-order valence-corrected chi connectivity index (χ1v) is 4.74. The van der Waals surface area contributed by atoms with Gasteiger partial charge in [0.25, 0.3) is 0 Å². The molecule has 0 fully saturated rings. The highest BCUT2D eigenvalue weighted by molar-refractivity contribution is 5.47. The number of nitrogens with two attached hydrogens (primary N) is 1. The van der Waals surface area contributed by atoms with Crippen LogP contribution in [0.1, 0.15) is 22.8 Å². The summed E-state index contributed by atoms with van der Waals surface area (Å²) < 4.78 is 18.6. The molecule has 0 aliphatic rings. The Morgan fingerprint density at radius 2 is 2.13 bits per heavy atom. The van der Waals surface area contributed by atoms with Gasteiger partial charge < -0.3 is 15.6 Å². The number of aryl methyl sites for hydroxylation is 1. The Hall–Kier alpha value is -1.13. The molecule has 3 nitrogen and oxygen atoms in total. The highest BCUT2D eigenvalue weighted by Crippen LogP contribution is 2.33. The molecule has 3 N–H and O–H groups in total. The molecule has 15 heavy (non-hydrogen) atoms. The molecule has 0 aliphatic heterocycles. The van der Waals surface area contributed by atoms with E-state index in [1.807, 2.05) is 0 Å². The highest BCUT2D eigenvalue weighted by atomic mass is 19.1. The van der Waals surface area contributed by atoms with E-state index in [2.05, 4.69) is 0 Å². The molecule has 84 valence electrons. The van der Waals surface area contributed by atoms with Crippen molar-refractivity contribution in [2.75, 3.05) is 13.7 Å². The van der Waals surface area contributed by atoms with Crippen molar-refractivity contribution in [1.29, 1.82) is 0 Å². The molecular formula is C11H16FNO2. The van der Waals surface area contributed by atoms with Gasteiger partial charge in [-0.3, -0.25) is 0 Å². The van der Waals surface area contributed by atoms with Gasteiger partial charge in [-0.05, 0) is 31.0 Å². The predicted octanol–water partition coefficient (Wildman–Crippen LogP) is 1.44. The molecule has 1 rings (SSSR count). The second-order valence-corrected chi connectivity index (χ2v) is 3.50. The Morgan fingerprint density at radius 3 is 2.60 bits per heavy atom. The molecule has 0 saturated carbocycles. The summed E-state index contributed by atoms with van der Waals surface area (Å²) in [5.74, 6) is 0.155. The lowest BCUT2D eigenvalue weighted by atomic mass is 9.98. The van der Waals surface area contributed by atoms with E-state index in [-0.39, 0.29) is 12.4 Å². The van der Waals surface area contributed by atoms with Gasteiger partial charge in [-0.15, -0.1) is 0 Å². The maximum absolute atomic E-state index is 13.4. The highest BCUT2D eigenvalue weighted by Gasteiger charge is 2.19. The van der Waals surface area contributed by atoms with E-state index in [4.69, 9.17) is 10.5 Å². The normalized spacial score (nSPS) is 12.7. The van der Waals surface area contributed by atoms with E-state index in [1.54, 1.807) is 13.8 Å². The summed E-state index contributed by atoms with van der Waals surface area (Å²) in [6.07, 6.45) is -0.894. The van der Waals surface area contributed by atoms with E-state index < -0.39 is 6.10 Å². The lowest BCUT2D eigenvalue weighted by molar-refractivity contribution is 0.180. The Morgan fingerprint density at radius 1 is 1.53 bits per heavy atom. The zero-order chi connectivity index (χ0) is 11.6. The smallest absolute Gasteiger partial charge is 0.128 e. The maximum Gasteiger partial charge on any atom is 0.128 e. The Labute approximate surface area is 88.7 Å². The average Bonchev–Trinajstić information content (AvgIpc) is 2.21. The Balaban J connectivity index is 3.43. The molecule has 0 aromatic heterocycles. The minimum absolute atomic E-state index is 0.0418. The third-order valence-corrected chi connectivity index (χ3v) is 2.47. The van der Waals surface area contributed by atoms with Gasteiger partial charge in [0.2, 0.25) is 0 Å². The van der Waals surface area contributed by atoms with Crippen LogP contribution in [0.5, 0.6) is 5.75 Å². The summed E-state index contributed by atoms with van der Waals surface area (Å²) in [5.41, 5.74) is 6.85. The quantitative estimate of drug-likeness (QED) is 0.798. The zero-order valence-corrected chi connectivity index (χ0v) is 9.17. The van der Waals surface area contributed by atoms with Crippen LogP contribution in [0.3, 0.4) is 0 Å². The standard InChI is InChI=1S/C11H16FNO2/c1-6-4-8(12)7(2)10(9(14)5-13)11(6)15-3/h4,9,14H,5,13H2,1-3H3. The average molecular weight is 213 g/mol. The molecule has 4 heteroatoms. The van der Waals surface area contributed by atoms with E-state index in [0.717, 1.165) is 0 Å². The molecule has 0 amide bonds. The lowest BCUT2D eigenvalue weighted by Gasteiger charge is -2.18. The number of halogens is 1. The number of hydrogen-bond donors (Lipinski definition) is 2. The third-order valence-electron chi connectivity index (χ3n) is 2.47. The number of aliphatic hydroxyl groups is 1. The van der Waals surface area contributed by atoms with Gasteiger partial charge in [0.05, 0.1) is 13.2 Å². The number of rotatable bonds is 3. The van der Waals surface area contributed by atoms with Crippen LogP contribution >= 0.6 is 0 Å². The molecule has 1 aromatic rings. The Bertz CT molecular complexity index is 366. The van der Waals surface area contributed by atoms with Crippen LogP contribution in [-0.4, -0.2) is 18.8 Å². The van der Waals surface area contributed by atoms with Gasteiger partial charge in [0.15, 0.2) is 0 Å². The molecule has 0 radical (unpaired) electrons. The summed E-state index contributed by atoms with van der Waals surface area (Å²) in [6.45, 7) is 3.37. The van der Waals surface area contributed by atoms with E-state index in [0.29, 0.717) is 22.4 Å². The summed E-state index contributed by atoms with van der Waals surface area (Å²) >= 11 is 0. The predicted molar refractivity (Wildman–Crippen MR) is 56.4 cm³/mol. The molecule has 1 unspecified atom stereocenters. The number of benzene rings is 1. The molecular weight excluding hydrogens is 197 g/mol. The van der Waals surface area contributed by atoms with Gasteiger partial charge in [-0.2, -0.15) is 0 Å². The van der Waals surface area contributed by atoms with Crippen molar-refractivity contribution >= 4 is 0 Å². The maximum atomic E-state index is 13.4. The molecule has 0 saturated heterocycles. The summed E-state index contributed by atoms with van der Waals surface area (Å²) in [4.78, 5) is 0. The van der Waals surface area contributed by atoms with E-state index in [9.17, 15) is 9.50 Å². The fourth-order valence-electron chi connectivity index (χ4n) is 1.67. The minimum atomic E-state index is -0.894. The molecule has 1 atom stereocenters.